The predicted molar refractivity (Wildman–Crippen MR) is 69.4 cm³/mol. The molecule has 3 N–H and O–H groups in total. The zero-order chi connectivity index (χ0) is 12.9. The van der Waals surface area contributed by atoms with Crippen LogP contribution in [0.1, 0.15) is 25.7 Å². The standard InChI is InChI=1S/C10H22N4O2S/c1-14(7-8-17(2,15)16)10(13-11)12-9-5-3-4-6-9/h9H,3-8,11H2,1-2H3,(H,12,13). The normalized spacial score (nSPS) is 18.4. The van der Waals surface area contributed by atoms with Gasteiger partial charge >= 0.3 is 0 Å². The van der Waals surface area contributed by atoms with E-state index in [9.17, 15) is 8.42 Å². The van der Waals surface area contributed by atoms with Crippen LogP contribution in [0.25, 0.3) is 0 Å². The van der Waals surface area contributed by atoms with Crippen molar-refractivity contribution in [3.8, 4) is 0 Å². The molecule has 0 amide bonds. The summed E-state index contributed by atoms with van der Waals surface area (Å²) in [6.45, 7) is 0.397. The van der Waals surface area contributed by atoms with Crippen molar-refractivity contribution in [2.75, 3.05) is 25.6 Å². The van der Waals surface area contributed by atoms with Crippen LogP contribution in [0.15, 0.2) is 4.99 Å². The van der Waals surface area contributed by atoms with Crippen LogP contribution in [0.3, 0.4) is 0 Å². The maximum Gasteiger partial charge on any atom is 0.208 e. The average Bonchev–Trinajstić information content (AvgIpc) is 2.74. The molecule has 0 saturated heterocycles. The lowest BCUT2D eigenvalue weighted by molar-refractivity contribution is 0.497. The summed E-state index contributed by atoms with van der Waals surface area (Å²) >= 11 is 0. The van der Waals surface area contributed by atoms with Crippen LogP contribution in [-0.2, 0) is 9.84 Å². The summed E-state index contributed by atoms with van der Waals surface area (Å²) in [5.74, 6) is 6.10. The highest BCUT2D eigenvalue weighted by molar-refractivity contribution is 7.90. The third kappa shape index (κ3) is 5.36. The zero-order valence-electron chi connectivity index (χ0n) is 10.5. The number of nitrogens with one attached hydrogen (secondary N) is 1. The second-order valence-corrected chi connectivity index (χ2v) is 6.85. The molecule has 1 rings (SSSR count). The molecule has 17 heavy (non-hydrogen) atoms. The van der Waals surface area contributed by atoms with Crippen LogP contribution in [0.4, 0.5) is 0 Å². The zero-order valence-corrected chi connectivity index (χ0v) is 11.3. The van der Waals surface area contributed by atoms with Crippen molar-refractivity contribution in [3.05, 3.63) is 0 Å². The van der Waals surface area contributed by atoms with E-state index >= 15 is 0 Å². The topological polar surface area (TPSA) is 87.8 Å². The lowest BCUT2D eigenvalue weighted by atomic mass is 10.3. The van der Waals surface area contributed by atoms with Gasteiger partial charge in [-0.25, -0.2) is 19.3 Å². The van der Waals surface area contributed by atoms with Gasteiger partial charge in [0.05, 0.1) is 11.8 Å². The molecule has 6 nitrogen and oxygen atoms in total. The van der Waals surface area contributed by atoms with Crippen molar-refractivity contribution in [1.29, 1.82) is 0 Å². The van der Waals surface area contributed by atoms with Gasteiger partial charge in [-0.1, -0.05) is 12.8 Å². The predicted octanol–water partition coefficient (Wildman–Crippen LogP) is -0.275. The van der Waals surface area contributed by atoms with E-state index in [1.807, 2.05) is 0 Å². The monoisotopic (exact) mass is 262 g/mol. The van der Waals surface area contributed by atoms with Gasteiger partial charge in [0, 0.05) is 19.8 Å². The summed E-state index contributed by atoms with van der Waals surface area (Å²) in [6.07, 6.45) is 5.82. The first kappa shape index (κ1) is 14.2. The van der Waals surface area contributed by atoms with Crippen molar-refractivity contribution in [2.45, 2.75) is 31.7 Å². The number of hydrogen-bond donors (Lipinski definition) is 2. The molecule has 0 heterocycles. The van der Waals surface area contributed by atoms with Gasteiger partial charge < -0.3 is 4.90 Å². The number of nitrogens with two attached hydrogens (primary N) is 1. The van der Waals surface area contributed by atoms with Crippen LogP contribution in [-0.4, -0.2) is 50.9 Å². The minimum atomic E-state index is -2.95. The first-order valence-corrected chi connectivity index (χ1v) is 7.91. The second-order valence-electron chi connectivity index (χ2n) is 4.59. The van der Waals surface area contributed by atoms with E-state index in [0.29, 0.717) is 18.5 Å². The SMILES string of the molecule is CN(CCS(C)(=O)=O)C(=NC1CCCC1)NN. The third-order valence-electron chi connectivity index (χ3n) is 2.92. The quantitative estimate of drug-likeness (QED) is 0.315. The van der Waals surface area contributed by atoms with E-state index in [1.54, 1.807) is 11.9 Å². The van der Waals surface area contributed by atoms with Crippen LogP contribution in [0.5, 0.6) is 0 Å². The number of guanidine groups is 1. The van der Waals surface area contributed by atoms with Crippen molar-refractivity contribution in [2.24, 2.45) is 10.8 Å². The molecule has 0 bridgehead atoms. The number of hydrazine groups is 1. The van der Waals surface area contributed by atoms with Gasteiger partial charge in [0.25, 0.3) is 0 Å². The highest BCUT2D eigenvalue weighted by Crippen LogP contribution is 2.20. The van der Waals surface area contributed by atoms with E-state index in [4.69, 9.17) is 5.84 Å². The molecule has 0 aromatic heterocycles. The maximum atomic E-state index is 11.1. The first-order chi connectivity index (χ1) is 7.92. The minimum absolute atomic E-state index is 0.106. The molecule has 1 aliphatic rings. The molecular formula is C10H22N4O2S. The Labute approximate surface area is 103 Å². The molecule has 0 aromatic rings. The van der Waals surface area contributed by atoms with Crippen LogP contribution in [0.2, 0.25) is 0 Å². The lowest BCUT2D eigenvalue weighted by Gasteiger charge is -2.21. The molecule has 1 aliphatic carbocycles. The summed E-state index contributed by atoms with van der Waals surface area (Å²) in [4.78, 5) is 6.26. The van der Waals surface area contributed by atoms with Gasteiger partial charge in [0.2, 0.25) is 5.96 Å². The lowest BCUT2D eigenvalue weighted by Crippen LogP contribution is -2.45. The Hall–Kier alpha value is -0.820. The highest BCUT2D eigenvalue weighted by Gasteiger charge is 2.16. The van der Waals surface area contributed by atoms with Crippen LogP contribution < -0.4 is 11.3 Å². The molecule has 7 heteroatoms. The fourth-order valence-corrected chi connectivity index (χ4v) is 2.47. The average molecular weight is 262 g/mol. The van der Waals surface area contributed by atoms with E-state index in [-0.39, 0.29) is 5.75 Å². The maximum absolute atomic E-state index is 11.1. The van der Waals surface area contributed by atoms with Gasteiger partial charge in [-0.3, -0.25) is 5.43 Å². The Bertz CT molecular complexity index is 361. The Morgan fingerprint density at radius 3 is 2.53 bits per heavy atom. The molecular weight excluding hydrogens is 240 g/mol. The largest absolute Gasteiger partial charge is 0.344 e. The summed E-state index contributed by atoms with van der Waals surface area (Å²) in [5.41, 5.74) is 2.55. The fourth-order valence-electron chi connectivity index (χ4n) is 1.86. The summed E-state index contributed by atoms with van der Waals surface area (Å²) in [6, 6.07) is 0.321. The molecule has 0 aliphatic heterocycles. The Morgan fingerprint density at radius 2 is 2.06 bits per heavy atom. The molecule has 1 saturated carbocycles. The van der Waals surface area contributed by atoms with Gasteiger partial charge in [-0.05, 0) is 12.8 Å². The van der Waals surface area contributed by atoms with Crippen molar-refractivity contribution in [3.63, 3.8) is 0 Å². The summed E-state index contributed by atoms with van der Waals surface area (Å²) < 4.78 is 22.1. The molecule has 100 valence electrons. The second kappa shape index (κ2) is 6.20. The number of nitrogens with zero attached hydrogens (tertiary/aromatic N) is 2. The number of aliphatic imine (C=N–C) groups is 1. The van der Waals surface area contributed by atoms with Crippen LogP contribution >= 0.6 is 0 Å². The molecule has 0 spiro atoms. The molecule has 0 atom stereocenters. The van der Waals surface area contributed by atoms with Crippen molar-refractivity contribution >= 4 is 15.8 Å². The van der Waals surface area contributed by atoms with Gasteiger partial charge in [-0.2, -0.15) is 0 Å². The molecule has 0 radical (unpaired) electrons. The molecule has 1 fully saturated rings. The highest BCUT2D eigenvalue weighted by atomic mass is 32.2. The van der Waals surface area contributed by atoms with E-state index in [0.717, 1.165) is 12.8 Å². The fraction of sp³-hybridized carbons (Fsp3) is 0.900. The van der Waals surface area contributed by atoms with Crippen LogP contribution in [0, 0.1) is 0 Å². The Kier molecular flexibility index (Phi) is 5.20. The van der Waals surface area contributed by atoms with Gasteiger partial charge in [0.15, 0.2) is 0 Å². The number of sulfone groups is 1. The number of rotatable bonds is 4. The Morgan fingerprint density at radius 1 is 1.47 bits per heavy atom. The third-order valence-corrected chi connectivity index (χ3v) is 3.84. The smallest absolute Gasteiger partial charge is 0.208 e. The van der Waals surface area contributed by atoms with Crippen molar-refractivity contribution < 1.29 is 8.42 Å². The molecule has 0 aromatic carbocycles. The van der Waals surface area contributed by atoms with E-state index in [2.05, 4.69) is 10.4 Å². The Balaban J connectivity index is 2.53. The minimum Gasteiger partial charge on any atom is -0.344 e. The van der Waals surface area contributed by atoms with Gasteiger partial charge in [-0.15, -0.1) is 0 Å². The number of hydrogen-bond acceptors (Lipinski definition) is 4. The van der Waals surface area contributed by atoms with E-state index in [1.165, 1.54) is 19.1 Å². The first-order valence-electron chi connectivity index (χ1n) is 5.85. The summed E-state index contributed by atoms with van der Waals surface area (Å²) in [5, 5.41) is 0. The molecule has 0 unspecified atom stereocenters. The summed E-state index contributed by atoms with van der Waals surface area (Å²) in [7, 11) is -1.16. The van der Waals surface area contributed by atoms with E-state index < -0.39 is 9.84 Å². The van der Waals surface area contributed by atoms with Gasteiger partial charge in [0.1, 0.15) is 9.84 Å². The van der Waals surface area contributed by atoms with Crippen molar-refractivity contribution in [1.82, 2.24) is 10.3 Å².